The monoisotopic (exact) mass is 346 g/mol. The van der Waals surface area contributed by atoms with E-state index in [0.717, 1.165) is 9.94 Å². The van der Waals surface area contributed by atoms with E-state index in [4.69, 9.17) is 9.31 Å². The Labute approximate surface area is 135 Å². The van der Waals surface area contributed by atoms with E-state index in [9.17, 15) is 0 Å². The zero-order valence-electron chi connectivity index (χ0n) is 13.2. The Morgan fingerprint density at radius 3 is 2.24 bits per heavy atom. The van der Waals surface area contributed by atoms with Crippen LogP contribution in [0.25, 0.3) is 10.8 Å². The fourth-order valence-corrected chi connectivity index (χ4v) is 3.43. The van der Waals surface area contributed by atoms with Crippen molar-refractivity contribution in [1.29, 1.82) is 0 Å². The van der Waals surface area contributed by atoms with Gasteiger partial charge in [0.15, 0.2) is 0 Å². The van der Waals surface area contributed by atoms with Gasteiger partial charge in [-0.25, -0.2) is 0 Å². The molecule has 0 atom stereocenters. The number of fused-ring (bicyclic) bond motifs is 1. The number of hydrogen-bond acceptors (Lipinski definition) is 2. The molecule has 21 heavy (non-hydrogen) atoms. The Morgan fingerprint density at radius 2 is 1.62 bits per heavy atom. The lowest BCUT2D eigenvalue weighted by Crippen LogP contribution is -2.41. The molecule has 2 aromatic carbocycles. The van der Waals surface area contributed by atoms with Crippen LogP contribution in [0.15, 0.2) is 34.8 Å². The molecule has 110 valence electrons. The number of hydrogen-bond donors (Lipinski definition) is 0. The van der Waals surface area contributed by atoms with Gasteiger partial charge in [-0.05, 0) is 62.5 Å². The molecule has 0 aliphatic carbocycles. The van der Waals surface area contributed by atoms with Crippen LogP contribution in [-0.4, -0.2) is 18.3 Å². The second-order valence-electron chi connectivity index (χ2n) is 6.76. The second kappa shape index (κ2) is 4.84. The lowest BCUT2D eigenvalue weighted by Gasteiger charge is -2.32. The lowest BCUT2D eigenvalue weighted by molar-refractivity contribution is 0.00578. The summed E-state index contributed by atoms with van der Waals surface area (Å²) in [5.74, 6) is 0. The Balaban J connectivity index is 2.07. The summed E-state index contributed by atoms with van der Waals surface area (Å²) in [6.45, 7) is 10.5. The standard InChI is InChI=1S/C17H20BBrO2/c1-11-9-13(10-12-7-6-8-14(19)15(11)12)18-20-16(2,3)17(4,5)21-18/h6-10H,1-5H3. The van der Waals surface area contributed by atoms with Gasteiger partial charge in [-0.15, -0.1) is 0 Å². The lowest BCUT2D eigenvalue weighted by atomic mass is 9.77. The van der Waals surface area contributed by atoms with Crippen LogP contribution >= 0.6 is 15.9 Å². The highest BCUT2D eigenvalue weighted by Crippen LogP contribution is 2.37. The topological polar surface area (TPSA) is 18.5 Å². The van der Waals surface area contributed by atoms with Gasteiger partial charge in [-0.2, -0.15) is 0 Å². The summed E-state index contributed by atoms with van der Waals surface area (Å²) in [7, 11) is -0.308. The summed E-state index contributed by atoms with van der Waals surface area (Å²) >= 11 is 3.63. The summed E-state index contributed by atoms with van der Waals surface area (Å²) in [5.41, 5.74) is 1.69. The summed E-state index contributed by atoms with van der Waals surface area (Å²) in [6.07, 6.45) is 0. The van der Waals surface area contributed by atoms with Gasteiger partial charge in [0, 0.05) is 4.47 Å². The van der Waals surface area contributed by atoms with E-state index in [1.807, 2.05) is 0 Å². The van der Waals surface area contributed by atoms with E-state index in [1.54, 1.807) is 0 Å². The van der Waals surface area contributed by atoms with Crippen LogP contribution in [0.4, 0.5) is 0 Å². The zero-order valence-corrected chi connectivity index (χ0v) is 14.7. The van der Waals surface area contributed by atoms with E-state index < -0.39 is 0 Å². The molecule has 0 aromatic heterocycles. The average molecular weight is 347 g/mol. The summed E-state index contributed by atoms with van der Waals surface area (Å²) in [6, 6.07) is 10.6. The maximum absolute atomic E-state index is 6.15. The van der Waals surface area contributed by atoms with Crippen LogP contribution in [0.3, 0.4) is 0 Å². The van der Waals surface area contributed by atoms with E-state index in [2.05, 4.69) is 80.9 Å². The summed E-state index contributed by atoms with van der Waals surface area (Å²) < 4.78 is 13.4. The highest BCUT2D eigenvalue weighted by molar-refractivity contribution is 9.10. The largest absolute Gasteiger partial charge is 0.494 e. The third-order valence-electron chi connectivity index (χ3n) is 4.67. The highest BCUT2D eigenvalue weighted by atomic mass is 79.9. The molecular formula is C17H20BBrO2. The fraction of sp³-hybridized carbons (Fsp3) is 0.412. The van der Waals surface area contributed by atoms with Crippen LogP contribution in [0.2, 0.25) is 0 Å². The second-order valence-corrected chi connectivity index (χ2v) is 7.62. The van der Waals surface area contributed by atoms with Crippen molar-refractivity contribution in [2.75, 3.05) is 0 Å². The molecule has 1 fully saturated rings. The van der Waals surface area contributed by atoms with Crippen molar-refractivity contribution in [1.82, 2.24) is 0 Å². The Bertz CT molecular complexity index is 693. The molecule has 0 N–H and O–H groups in total. The smallest absolute Gasteiger partial charge is 0.399 e. The van der Waals surface area contributed by atoms with E-state index in [0.29, 0.717) is 0 Å². The maximum Gasteiger partial charge on any atom is 0.494 e. The molecule has 0 unspecified atom stereocenters. The average Bonchev–Trinajstić information content (AvgIpc) is 2.58. The minimum atomic E-state index is -0.308. The highest BCUT2D eigenvalue weighted by Gasteiger charge is 2.51. The first-order valence-corrected chi connectivity index (χ1v) is 8.05. The van der Waals surface area contributed by atoms with Gasteiger partial charge < -0.3 is 9.31 Å². The van der Waals surface area contributed by atoms with Crippen molar-refractivity contribution in [3.63, 3.8) is 0 Å². The number of rotatable bonds is 1. The molecular weight excluding hydrogens is 327 g/mol. The van der Waals surface area contributed by atoms with Gasteiger partial charge >= 0.3 is 7.12 Å². The Morgan fingerprint density at radius 1 is 1.00 bits per heavy atom. The molecule has 1 aliphatic rings. The van der Waals surface area contributed by atoms with Crippen LogP contribution in [0, 0.1) is 6.92 Å². The minimum Gasteiger partial charge on any atom is -0.399 e. The van der Waals surface area contributed by atoms with Gasteiger partial charge in [0.25, 0.3) is 0 Å². The number of halogens is 1. The van der Waals surface area contributed by atoms with Crippen LogP contribution in [0.1, 0.15) is 33.3 Å². The molecule has 1 saturated heterocycles. The Kier molecular flexibility index (Phi) is 3.47. The van der Waals surface area contributed by atoms with Gasteiger partial charge in [-0.3, -0.25) is 0 Å². The van der Waals surface area contributed by atoms with Gasteiger partial charge in [0.1, 0.15) is 0 Å². The molecule has 0 radical (unpaired) electrons. The normalized spacial score (nSPS) is 20.2. The third-order valence-corrected chi connectivity index (χ3v) is 5.33. The molecule has 0 amide bonds. The summed E-state index contributed by atoms with van der Waals surface area (Å²) in [4.78, 5) is 0. The molecule has 2 aromatic rings. The Hall–Kier alpha value is -0.835. The van der Waals surface area contributed by atoms with Crippen molar-refractivity contribution in [2.24, 2.45) is 0 Å². The van der Waals surface area contributed by atoms with Gasteiger partial charge in [0.2, 0.25) is 0 Å². The molecule has 1 heterocycles. The SMILES string of the molecule is Cc1cc(B2OC(C)(C)C(C)(C)O2)cc2cccc(Br)c12. The molecule has 3 rings (SSSR count). The molecule has 0 bridgehead atoms. The third kappa shape index (κ3) is 2.43. The van der Waals surface area contributed by atoms with E-state index in [-0.39, 0.29) is 18.3 Å². The fourth-order valence-electron chi connectivity index (χ4n) is 2.74. The molecule has 4 heteroatoms. The predicted octanol–water partition coefficient (Wildman–Crippen LogP) is 4.21. The van der Waals surface area contributed by atoms with E-state index >= 15 is 0 Å². The number of aryl methyl sites for hydroxylation is 1. The van der Waals surface area contributed by atoms with Crippen molar-refractivity contribution in [2.45, 2.75) is 45.8 Å². The van der Waals surface area contributed by atoms with Gasteiger partial charge in [0.05, 0.1) is 11.2 Å². The minimum absolute atomic E-state index is 0.308. The molecule has 2 nitrogen and oxygen atoms in total. The molecule has 0 saturated carbocycles. The first kappa shape index (κ1) is 15.1. The molecule has 1 aliphatic heterocycles. The van der Waals surface area contributed by atoms with Crippen molar-refractivity contribution >= 4 is 39.3 Å². The van der Waals surface area contributed by atoms with Crippen LogP contribution < -0.4 is 5.46 Å². The number of benzene rings is 2. The maximum atomic E-state index is 6.15. The summed E-state index contributed by atoms with van der Waals surface area (Å²) in [5, 5.41) is 2.45. The predicted molar refractivity (Wildman–Crippen MR) is 92.1 cm³/mol. The van der Waals surface area contributed by atoms with Crippen LogP contribution in [-0.2, 0) is 9.31 Å². The zero-order chi connectivity index (χ0) is 15.4. The van der Waals surface area contributed by atoms with Crippen molar-refractivity contribution in [3.05, 3.63) is 40.4 Å². The van der Waals surface area contributed by atoms with Crippen LogP contribution in [0.5, 0.6) is 0 Å². The van der Waals surface area contributed by atoms with E-state index in [1.165, 1.54) is 16.3 Å². The first-order valence-electron chi connectivity index (χ1n) is 7.26. The molecule has 0 spiro atoms. The van der Waals surface area contributed by atoms with Crippen molar-refractivity contribution in [3.8, 4) is 0 Å². The van der Waals surface area contributed by atoms with Gasteiger partial charge in [-0.1, -0.05) is 40.2 Å². The quantitative estimate of drug-likeness (QED) is 0.720. The van der Waals surface area contributed by atoms with Crippen molar-refractivity contribution < 1.29 is 9.31 Å². The first-order chi connectivity index (χ1) is 9.71.